The van der Waals surface area contributed by atoms with E-state index in [1.807, 2.05) is 12.4 Å². The topological polar surface area (TPSA) is 32.3 Å². The van der Waals surface area contributed by atoms with E-state index >= 15 is 0 Å². The Morgan fingerprint density at radius 3 is 2.67 bits per heavy atom. The van der Waals surface area contributed by atoms with Gasteiger partial charge in [-0.25, -0.2) is 5.48 Å². The van der Waals surface area contributed by atoms with Crippen LogP contribution in [0.5, 0.6) is 0 Å². The van der Waals surface area contributed by atoms with Gasteiger partial charge in [-0.05, 0) is 6.42 Å². The molecule has 0 saturated heterocycles. The van der Waals surface area contributed by atoms with Gasteiger partial charge in [-0.2, -0.15) is 0 Å². The molecule has 0 bridgehead atoms. The van der Waals surface area contributed by atoms with Crippen molar-refractivity contribution in [3.8, 4) is 0 Å². The van der Waals surface area contributed by atoms with Gasteiger partial charge in [0.05, 0.1) is 0 Å². The lowest BCUT2D eigenvalue weighted by molar-refractivity contribution is 0.191. The summed E-state index contributed by atoms with van der Waals surface area (Å²) in [4.78, 5) is 0. The minimum absolute atomic E-state index is 0.927. The predicted molar refractivity (Wildman–Crippen MR) is 24.1 cm³/mol. The molecule has 0 atom stereocenters. The second-order valence-electron chi connectivity index (χ2n) is 1.12. The zero-order valence-electron chi connectivity index (χ0n) is 3.94. The van der Waals surface area contributed by atoms with Gasteiger partial charge in [0.1, 0.15) is 0 Å². The van der Waals surface area contributed by atoms with Crippen LogP contribution in [0.4, 0.5) is 0 Å². The zero-order chi connectivity index (χ0) is 4.83. The quantitative estimate of drug-likeness (QED) is 0.397. The van der Waals surface area contributed by atoms with Crippen LogP contribution in [0.25, 0.3) is 0 Å². The molecule has 2 heteroatoms. The average Bonchev–Trinajstić information content (AvgIpc) is 1.61. The molecule has 6 heavy (non-hydrogen) atoms. The van der Waals surface area contributed by atoms with Crippen LogP contribution in [0.3, 0.4) is 0 Å². The monoisotopic (exact) mass is 88.1 g/mol. The standard InChI is InChI=1S/C4H10NO/c1-2-3-4-5-6/h4-6H,2-3H2,1H3. The van der Waals surface area contributed by atoms with E-state index in [-0.39, 0.29) is 0 Å². The lowest BCUT2D eigenvalue weighted by atomic mass is 10.3. The maximum Gasteiger partial charge on any atom is 0.0495 e. The van der Waals surface area contributed by atoms with Crippen LogP contribution in [-0.2, 0) is 0 Å². The van der Waals surface area contributed by atoms with Crippen LogP contribution in [0.15, 0.2) is 0 Å². The summed E-state index contributed by atoms with van der Waals surface area (Å²) in [5.74, 6) is 0. The molecular weight excluding hydrogens is 78.0 g/mol. The molecular formula is C4H10NO. The molecule has 0 spiro atoms. The van der Waals surface area contributed by atoms with Crippen molar-refractivity contribution in [2.75, 3.05) is 0 Å². The van der Waals surface area contributed by atoms with Crippen molar-refractivity contribution in [2.45, 2.75) is 19.8 Å². The first-order chi connectivity index (χ1) is 2.91. The lowest BCUT2D eigenvalue weighted by Crippen LogP contribution is -2.00. The van der Waals surface area contributed by atoms with Crippen LogP contribution >= 0.6 is 0 Å². The number of rotatable bonds is 3. The summed E-state index contributed by atoms with van der Waals surface area (Å²) in [6.45, 7) is 3.66. The molecule has 0 fully saturated rings. The Morgan fingerprint density at radius 2 is 2.50 bits per heavy atom. The Morgan fingerprint density at radius 1 is 1.83 bits per heavy atom. The summed E-state index contributed by atoms with van der Waals surface area (Å²) in [5, 5.41) is 7.89. The Hall–Kier alpha value is -0.0800. The highest BCUT2D eigenvalue weighted by atomic mass is 16.5. The first-order valence-corrected chi connectivity index (χ1v) is 2.13. The molecule has 2 N–H and O–H groups in total. The summed E-state index contributed by atoms with van der Waals surface area (Å²) < 4.78 is 0. The van der Waals surface area contributed by atoms with Crippen molar-refractivity contribution >= 4 is 0 Å². The number of unbranched alkanes of at least 4 members (excludes halogenated alkanes) is 1. The van der Waals surface area contributed by atoms with Crippen LogP contribution in [-0.4, -0.2) is 5.21 Å². The molecule has 0 aliphatic rings. The predicted octanol–water partition coefficient (Wildman–Crippen LogP) is 0.927. The fourth-order valence-electron chi connectivity index (χ4n) is 0.209. The third-order valence-electron chi connectivity index (χ3n) is 0.524. The van der Waals surface area contributed by atoms with Gasteiger partial charge in [-0.1, -0.05) is 13.3 Å². The van der Waals surface area contributed by atoms with Crippen molar-refractivity contribution in [3.05, 3.63) is 6.54 Å². The molecule has 0 saturated carbocycles. The van der Waals surface area contributed by atoms with Gasteiger partial charge >= 0.3 is 0 Å². The fraction of sp³-hybridized carbons (Fsp3) is 0.750. The molecule has 2 nitrogen and oxygen atoms in total. The van der Waals surface area contributed by atoms with Crippen LogP contribution < -0.4 is 5.48 Å². The molecule has 0 aromatic carbocycles. The highest BCUT2D eigenvalue weighted by Gasteiger charge is 1.75. The summed E-state index contributed by atoms with van der Waals surface area (Å²) in [6, 6.07) is 0. The van der Waals surface area contributed by atoms with E-state index < -0.39 is 0 Å². The maximum absolute atomic E-state index is 7.89. The van der Waals surface area contributed by atoms with Crippen molar-refractivity contribution < 1.29 is 5.21 Å². The normalized spacial score (nSPS) is 9.00. The Labute approximate surface area is 38.1 Å². The lowest BCUT2D eigenvalue weighted by Gasteiger charge is -1.87. The molecule has 0 rings (SSSR count). The highest BCUT2D eigenvalue weighted by Crippen LogP contribution is 1.84. The van der Waals surface area contributed by atoms with E-state index in [1.165, 1.54) is 0 Å². The Kier molecular flexibility index (Phi) is 4.85. The molecule has 0 amide bonds. The van der Waals surface area contributed by atoms with Crippen molar-refractivity contribution in [3.63, 3.8) is 0 Å². The van der Waals surface area contributed by atoms with Crippen LogP contribution in [0.2, 0.25) is 0 Å². The molecule has 0 aromatic heterocycles. The van der Waals surface area contributed by atoms with E-state index in [9.17, 15) is 0 Å². The van der Waals surface area contributed by atoms with E-state index in [1.54, 1.807) is 6.54 Å². The van der Waals surface area contributed by atoms with E-state index in [0.29, 0.717) is 0 Å². The van der Waals surface area contributed by atoms with Gasteiger partial charge in [0.2, 0.25) is 0 Å². The van der Waals surface area contributed by atoms with Crippen molar-refractivity contribution in [1.82, 2.24) is 5.48 Å². The summed E-state index contributed by atoms with van der Waals surface area (Å²) in [5.41, 5.74) is 1.94. The second-order valence-corrected chi connectivity index (χ2v) is 1.12. The third-order valence-corrected chi connectivity index (χ3v) is 0.524. The van der Waals surface area contributed by atoms with Gasteiger partial charge in [0.25, 0.3) is 0 Å². The van der Waals surface area contributed by atoms with Crippen LogP contribution in [0, 0.1) is 6.54 Å². The first-order valence-electron chi connectivity index (χ1n) is 2.13. The summed E-state index contributed by atoms with van der Waals surface area (Å²) in [6.07, 6.45) is 2.00. The Balaban J connectivity index is 2.34. The van der Waals surface area contributed by atoms with Crippen LogP contribution in [0.1, 0.15) is 19.8 Å². The minimum atomic E-state index is 0.927. The number of hydrogen-bond acceptors (Lipinski definition) is 2. The fourth-order valence-corrected chi connectivity index (χ4v) is 0.209. The van der Waals surface area contributed by atoms with Gasteiger partial charge in [0, 0.05) is 6.54 Å². The van der Waals surface area contributed by atoms with E-state index in [0.717, 1.165) is 12.8 Å². The molecule has 0 aliphatic heterocycles. The molecule has 0 unspecified atom stereocenters. The van der Waals surface area contributed by atoms with E-state index in [4.69, 9.17) is 5.21 Å². The SMILES string of the molecule is CCC[CH]NO. The van der Waals surface area contributed by atoms with Crippen molar-refractivity contribution in [1.29, 1.82) is 0 Å². The third kappa shape index (κ3) is 3.92. The summed E-state index contributed by atoms with van der Waals surface area (Å²) >= 11 is 0. The minimum Gasteiger partial charge on any atom is -0.316 e. The number of hydroxylamine groups is 1. The molecule has 0 heterocycles. The molecule has 0 aliphatic carbocycles. The maximum atomic E-state index is 7.89. The highest BCUT2D eigenvalue weighted by molar-refractivity contribution is 4.49. The van der Waals surface area contributed by atoms with Gasteiger partial charge in [0.15, 0.2) is 0 Å². The molecule has 1 radical (unpaired) electrons. The largest absolute Gasteiger partial charge is 0.316 e. The van der Waals surface area contributed by atoms with Gasteiger partial charge in [-0.3, -0.25) is 0 Å². The molecule has 0 aromatic rings. The zero-order valence-corrected chi connectivity index (χ0v) is 3.94. The summed E-state index contributed by atoms with van der Waals surface area (Å²) in [7, 11) is 0. The van der Waals surface area contributed by atoms with Gasteiger partial charge < -0.3 is 5.21 Å². The average molecular weight is 88.1 g/mol. The smallest absolute Gasteiger partial charge is 0.0495 e. The Bertz CT molecular complexity index is 19.5. The van der Waals surface area contributed by atoms with Gasteiger partial charge in [-0.15, -0.1) is 0 Å². The number of hydrogen-bond donors (Lipinski definition) is 2. The molecule has 37 valence electrons. The van der Waals surface area contributed by atoms with E-state index in [2.05, 4.69) is 0 Å². The number of nitrogens with one attached hydrogen (secondary N) is 1. The first kappa shape index (κ1) is 5.92. The second kappa shape index (κ2) is 4.92. The van der Waals surface area contributed by atoms with Crippen molar-refractivity contribution in [2.24, 2.45) is 0 Å².